The minimum Gasteiger partial charge on any atom is -0.371 e. The third kappa shape index (κ3) is 3.52. The van der Waals surface area contributed by atoms with Crippen molar-refractivity contribution in [3.05, 3.63) is 66.0 Å². The lowest BCUT2D eigenvalue weighted by atomic mass is 10.1. The Labute approximate surface area is 130 Å². The van der Waals surface area contributed by atoms with Crippen LogP contribution in [-0.4, -0.2) is 41.1 Å². The van der Waals surface area contributed by atoms with Crippen molar-refractivity contribution in [3.63, 3.8) is 0 Å². The highest BCUT2D eigenvalue weighted by Crippen LogP contribution is 2.17. The minimum absolute atomic E-state index is 0.0388. The molecule has 0 spiro atoms. The van der Waals surface area contributed by atoms with E-state index in [1.165, 1.54) is 5.56 Å². The maximum atomic E-state index is 12.6. The predicted molar refractivity (Wildman–Crippen MR) is 84.6 cm³/mol. The average Bonchev–Trinajstić information content (AvgIpc) is 2.55. The number of nitrogens with zero attached hydrogens (tertiary/aromatic N) is 2. The zero-order valence-corrected chi connectivity index (χ0v) is 12.7. The normalized spacial score (nSPS) is 21.6. The molecule has 4 nitrogen and oxygen atoms in total. The van der Waals surface area contributed by atoms with Crippen LogP contribution in [0.5, 0.6) is 0 Å². The molecule has 1 amide bonds. The Kier molecular flexibility index (Phi) is 4.49. The molecule has 2 atom stereocenters. The first-order valence-electron chi connectivity index (χ1n) is 7.61. The Balaban J connectivity index is 1.69. The smallest absolute Gasteiger partial charge is 0.254 e. The number of carbonyl (C=O) groups excluding carboxylic acids is 1. The molecule has 0 aliphatic carbocycles. The van der Waals surface area contributed by atoms with E-state index in [1.807, 2.05) is 30.0 Å². The summed E-state index contributed by atoms with van der Waals surface area (Å²) in [4.78, 5) is 18.4. The first-order chi connectivity index (χ1) is 10.7. The largest absolute Gasteiger partial charge is 0.371 e. The van der Waals surface area contributed by atoms with Crippen LogP contribution in [0.1, 0.15) is 22.8 Å². The van der Waals surface area contributed by atoms with E-state index >= 15 is 0 Å². The molecule has 1 aromatic carbocycles. The van der Waals surface area contributed by atoms with Gasteiger partial charge in [-0.05, 0) is 24.6 Å². The van der Waals surface area contributed by atoms with Crippen LogP contribution in [0.4, 0.5) is 0 Å². The van der Waals surface area contributed by atoms with Crippen molar-refractivity contribution in [2.24, 2.45) is 0 Å². The number of benzene rings is 1. The van der Waals surface area contributed by atoms with E-state index in [0.717, 1.165) is 6.42 Å². The van der Waals surface area contributed by atoms with Crippen molar-refractivity contribution in [2.45, 2.75) is 25.6 Å². The van der Waals surface area contributed by atoms with E-state index in [4.69, 9.17) is 4.74 Å². The van der Waals surface area contributed by atoms with Crippen LogP contribution < -0.4 is 0 Å². The Morgan fingerprint density at radius 1 is 1.18 bits per heavy atom. The quantitative estimate of drug-likeness (QED) is 0.874. The van der Waals surface area contributed by atoms with Gasteiger partial charge in [0.2, 0.25) is 0 Å². The fourth-order valence-electron chi connectivity index (χ4n) is 2.88. The highest BCUT2D eigenvalue weighted by atomic mass is 16.5. The van der Waals surface area contributed by atoms with E-state index < -0.39 is 0 Å². The summed E-state index contributed by atoms with van der Waals surface area (Å²) in [7, 11) is 0. The molecule has 0 saturated carbocycles. The molecule has 1 aliphatic heterocycles. The zero-order chi connectivity index (χ0) is 15.4. The lowest BCUT2D eigenvalue weighted by Gasteiger charge is -2.37. The third-order valence-corrected chi connectivity index (χ3v) is 3.85. The van der Waals surface area contributed by atoms with E-state index in [0.29, 0.717) is 18.7 Å². The molecule has 2 unspecified atom stereocenters. The number of hydrogen-bond donors (Lipinski definition) is 0. The van der Waals surface area contributed by atoms with Crippen LogP contribution in [0.15, 0.2) is 54.9 Å². The number of hydrogen-bond acceptors (Lipinski definition) is 3. The Bertz CT molecular complexity index is 615. The maximum Gasteiger partial charge on any atom is 0.254 e. The standard InChI is InChI=1S/C18H20N2O2/c1-14-12-20(18(21)16-7-9-19-10-8-16)13-17(22-14)11-15-5-3-2-4-6-15/h2-10,14,17H,11-13H2,1H3. The number of carbonyl (C=O) groups is 1. The second-order valence-electron chi connectivity index (χ2n) is 5.70. The van der Waals surface area contributed by atoms with Crippen LogP contribution in [0.2, 0.25) is 0 Å². The van der Waals surface area contributed by atoms with Crippen molar-refractivity contribution in [1.82, 2.24) is 9.88 Å². The van der Waals surface area contributed by atoms with Gasteiger partial charge in [0.05, 0.1) is 12.2 Å². The van der Waals surface area contributed by atoms with Gasteiger partial charge in [-0.1, -0.05) is 30.3 Å². The van der Waals surface area contributed by atoms with E-state index in [2.05, 4.69) is 17.1 Å². The molecule has 2 aromatic rings. The third-order valence-electron chi connectivity index (χ3n) is 3.85. The summed E-state index contributed by atoms with van der Waals surface area (Å²) in [6.45, 7) is 3.27. The van der Waals surface area contributed by atoms with Crippen molar-refractivity contribution < 1.29 is 9.53 Å². The molecule has 2 heterocycles. The second-order valence-corrected chi connectivity index (χ2v) is 5.70. The summed E-state index contributed by atoms with van der Waals surface area (Å²) >= 11 is 0. The molecule has 3 rings (SSSR count). The Morgan fingerprint density at radius 3 is 2.64 bits per heavy atom. The fourth-order valence-corrected chi connectivity index (χ4v) is 2.88. The molecule has 1 saturated heterocycles. The molecular formula is C18H20N2O2. The Morgan fingerprint density at radius 2 is 1.91 bits per heavy atom. The first-order valence-corrected chi connectivity index (χ1v) is 7.61. The van der Waals surface area contributed by atoms with Crippen LogP contribution in [-0.2, 0) is 11.2 Å². The zero-order valence-electron chi connectivity index (χ0n) is 12.7. The highest BCUT2D eigenvalue weighted by Gasteiger charge is 2.28. The SMILES string of the molecule is CC1CN(C(=O)c2ccncc2)CC(Cc2ccccc2)O1. The molecule has 0 radical (unpaired) electrons. The highest BCUT2D eigenvalue weighted by molar-refractivity contribution is 5.94. The van der Waals surface area contributed by atoms with E-state index in [9.17, 15) is 4.79 Å². The molecule has 0 bridgehead atoms. The average molecular weight is 296 g/mol. The predicted octanol–water partition coefficient (Wildman–Crippen LogP) is 2.55. The molecule has 0 N–H and O–H groups in total. The fraction of sp³-hybridized carbons (Fsp3) is 0.333. The lowest BCUT2D eigenvalue weighted by Crippen LogP contribution is -2.49. The summed E-state index contributed by atoms with van der Waals surface area (Å²) in [5, 5.41) is 0. The Hall–Kier alpha value is -2.20. The van der Waals surface area contributed by atoms with Gasteiger partial charge in [0, 0.05) is 37.5 Å². The van der Waals surface area contributed by atoms with Gasteiger partial charge >= 0.3 is 0 Å². The van der Waals surface area contributed by atoms with Crippen LogP contribution in [0, 0.1) is 0 Å². The monoisotopic (exact) mass is 296 g/mol. The van der Waals surface area contributed by atoms with Crippen LogP contribution in [0.3, 0.4) is 0 Å². The van der Waals surface area contributed by atoms with E-state index in [1.54, 1.807) is 24.5 Å². The van der Waals surface area contributed by atoms with Gasteiger partial charge < -0.3 is 9.64 Å². The van der Waals surface area contributed by atoms with Crippen molar-refractivity contribution in [3.8, 4) is 0 Å². The number of amides is 1. The number of morpholine rings is 1. The summed E-state index contributed by atoms with van der Waals surface area (Å²) in [5.74, 6) is 0.0515. The van der Waals surface area contributed by atoms with Gasteiger partial charge in [-0.25, -0.2) is 0 Å². The number of pyridine rings is 1. The van der Waals surface area contributed by atoms with Crippen molar-refractivity contribution in [2.75, 3.05) is 13.1 Å². The summed E-state index contributed by atoms with van der Waals surface area (Å²) in [5.41, 5.74) is 1.92. The number of rotatable bonds is 3. The topological polar surface area (TPSA) is 42.4 Å². The van der Waals surface area contributed by atoms with Crippen LogP contribution >= 0.6 is 0 Å². The molecular weight excluding hydrogens is 276 g/mol. The lowest BCUT2D eigenvalue weighted by molar-refractivity contribution is -0.0664. The maximum absolute atomic E-state index is 12.6. The summed E-state index contributed by atoms with van der Waals surface area (Å²) in [6, 6.07) is 13.8. The van der Waals surface area contributed by atoms with Gasteiger partial charge in [-0.3, -0.25) is 9.78 Å². The molecule has 1 aromatic heterocycles. The van der Waals surface area contributed by atoms with Gasteiger partial charge in [0.15, 0.2) is 0 Å². The van der Waals surface area contributed by atoms with Gasteiger partial charge in [-0.15, -0.1) is 0 Å². The minimum atomic E-state index is 0.0388. The number of ether oxygens (including phenoxy) is 1. The van der Waals surface area contributed by atoms with Gasteiger partial charge in [-0.2, -0.15) is 0 Å². The molecule has 1 aliphatic rings. The molecule has 22 heavy (non-hydrogen) atoms. The van der Waals surface area contributed by atoms with Crippen molar-refractivity contribution >= 4 is 5.91 Å². The second kappa shape index (κ2) is 6.71. The summed E-state index contributed by atoms with van der Waals surface area (Å²) < 4.78 is 6.00. The summed E-state index contributed by atoms with van der Waals surface area (Å²) in [6.07, 6.45) is 4.22. The first kappa shape index (κ1) is 14.7. The van der Waals surface area contributed by atoms with Crippen LogP contribution in [0.25, 0.3) is 0 Å². The van der Waals surface area contributed by atoms with Crippen molar-refractivity contribution in [1.29, 1.82) is 0 Å². The van der Waals surface area contributed by atoms with Gasteiger partial charge in [0.25, 0.3) is 5.91 Å². The molecule has 114 valence electrons. The molecule has 4 heteroatoms. The van der Waals surface area contributed by atoms with Gasteiger partial charge in [0.1, 0.15) is 0 Å². The molecule has 1 fully saturated rings. The number of aromatic nitrogens is 1. The van der Waals surface area contributed by atoms with E-state index in [-0.39, 0.29) is 18.1 Å².